The normalized spacial score (nSPS) is 24.4. The number of rotatable bonds is 3. The number of hydrogen-bond acceptors (Lipinski definition) is 2. The molecular weight excluding hydrogens is 365 g/mol. The Bertz CT molecular complexity index is 609. The molecule has 2 fully saturated rings. The van der Waals surface area contributed by atoms with Gasteiger partial charge in [-0.05, 0) is 55.3 Å². The molecule has 3 nitrogen and oxygen atoms in total. The summed E-state index contributed by atoms with van der Waals surface area (Å²) in [4.78, 5) is 14.5. The van der Waals surface area contributed by atoms with E-state index in [4.69, 9.17) is 0 Å². The molecule has 0 radical (unpaired) electrons. The molecule has 1 aromatic rings. The van der Waals surface area contributed by atoms with Crippen LogP contribution in [0.1, 0.15) is 43.2 Å². The standard InChI is InChI=1S/C19H25F3N2O.ClH/c1-13(14-3-2-4-17(10-14)19(20,21)22)9-18(25)24-7-5-15-11-23-12-16(15)6-8-24;/h2-4,10,13,15-16,23H,5-9,11-12H2,1H3;1H/t13?,15-,16+;. The van der Waals surface area contributed by atoms with E-state index in [2.05, 4.69) is 5.32 Å². The predicted molar refractivity (Wildman–Crippen MR) is 97.4 cm³/mol. The number of hydrogen-bond donors (Lipinski definition) is 1. The van der Waals surface area contributed by atoms with E-state index < -0.39 is 11.7 Å². The first-order valence-corrected chi connectivity index (χ1v) is 9.00. The maximum absolute atomic E-state index is 12.9. The van der Waals surface area contributed by atoms with Crippen molar-refractivity contribution in [3.8, 4) is 0 Å². The zero-order valence-corrected chi connectivity index (χ0v) is 15.7. The minimum absolute atomic E-state index is 0. The second-order valence-electron chi connectivity index (χ2n) is 7.36. The van der Waals surface area contributed by atoms with Gasteiger partial charge in [-0.2, -0.15) is 13.2 Å². The topological polar surface area (TPSA) is 32.3 Å². The third-order valence-corrected chi connectivity index (χ3v) is 5.64. The fourth-order valence-electron chi connectivity index (χ4n) is 4.00. The Labute approximate surface area is 158 Å². The van der Waals surface area contributed by atoms with Crippen LogP contribution < -0.4 is 5.32 Å². The van der Waals surface area contributed by atoms with Gasteiger partial charge in [-0.3, -0.25) is 4.79 Å². The molecule has 26 heavy (non-hydrogen) atoms. The van der Waals surface area contributed by atoms with Crippen molar-refractivity contribution in [3.63, 3.8) is 0 Å². The lowest BCUT2D eigenvalue weighted by Gasteiger charge is -2.23. The van der Waals surface area contributed by atoms with Crippen molar-refractivity contribution in [2.75, 3.05) is 26.2 Å². The number of fused-ring (bicyclic) bond motifs is 1. The van der Waals surface area contributed by atoms with E-state index in [1.165, 1.54) is 6.07 Å². The van der Waals surface area contributed by atoms with Gasteiger partial charge < -0.3 is 10.2 Å². The van der Waals surface area contributed by atoms with Crippen LogP contribution in [-0.2, 0) is 11.0 Å². The molecule has 1 aromatic carbocycles. The first-order valence-electron chi connectivity index (χ1n) is 9.00. The fourth-order valence-corrected chi connectivity index (χ4v) is 4.00. The highest BCUT2D eigenvalue weighted by Gasteiger charge is 2.33. The molecule has 0 saturated carbocycles. The minimum atomic E-state index is -4.35. The summed E-state index contributed by atoms with van der Waals surface area (Å²) in [6.45, 7) is 5.42. The number of nitrogens with zero attached hydrogens (tertiary/aromatic N) is 1. The fraction of sp³-hybridized carbons (Fsp3) is 0.632. The highest BCUT2D eigenvalue weighted by Crippen LogP contribution is 2.32. The van der Waals surface area contributed by atoms with E-state index in [-0.39, 0.29) is 30.7 Å². The van der Waals surface area contributed by atoms with Gasteiger partial charge in [0.05, 0.1) is 5.56 Å². The van der Waals surface area contributed by atoms with Gasteiger partial charge in [-0.25, -0.2) is 0 Å². The van der Waals surface area contributed by atoms with Gasteiger partial charge in [0, 0.05) is 19.5 Å². The van der Waals surface area contributed by atoms with Gasteiger partial charge in [-0.15, -0.1) is 12.4 Å². The van der Waals surface area contributed by atoms with Gasteiger partial charge in [0.1, 0.15) is 0 Å². The van der Waals surface area contributed by atoms with Gasteiger partial charge in [0.2, 0.25) is 5.91 Å². The summed E-state index contributed by atoms with van der Waals surface area (Å²) in [7, 11) is 0. The quantitative estimate of drug-likeness (QED) is 0.843. The Hall–Kier alpha value is -1.27. The van der Waals surface area contributed by atoms with E-state index >= 15 is 0 Å². The molecule has 2 aliphatic heterocycles. The van der Waals surface area contributed by atoms with Crippen LogP contribution in [0.25, 0.3) is 0 Å². The first-order chi connectivity index (χ1) is 11.8. The molecule has 2 aliphatic rings. The highest BCUT2D eigenvalue weighted by molar-refractivity contribution is 5.85. The van der Waals surface area contributed by atoms with Crippen molar-refractivity contribution in [2.45, 2.75) is 38.3 Å². The Morgan fingerprint density at radius 3 is 2.42 bits per heavy atom. The second kappa shape index (κ2) is 8.61. The molecule has 0 bridgehead atoms. The molecule has 146 valence electrons. The van der Waals surface area contributed by atoms with Crippen LogP contribution in [-0.4, -0.2) is 37.0 Å². The van der Waals surface area contributed by atoms with Crippen molar-refractivity contribution in [2.24, 2.45) is 11.8 Å². The van der Waals surface area contributed by atoms with Crippen LogP contribution >= 0.6 is 12.4 Å². The first kappa shape index (κ1) is 21.0. The van der Waals surface area contributed by atoms with Crippen LogP contribution in [0.4, 0.5) is 13.2 Å². The Morgan fingerprint density at radius 2 is 1.85 bits per heavy atom. The van der Waals surface area contributed by atoms with E-state index in [1.54, 1.807) is 6.07 Å². The molecule has 0 aliphatic carbocycles. The van der Waals surface area contributed by atoms with Crippen molar-refractivity contribution >= 4 is 18.3 Å². The van der Waals surface area contributed by atoms with Gasteiger partial charge in [-0.1, -0.05) is 25.1 Å². The van der Waals surface area contributed by atoms with Gasteiger partial charge in [0.25, 0.3) is 0 Å². The Kier molecular flexibility index (Phi) is 6.97. The third-order valence-electron chi connectivity index (χ3n) is 5.64. The molecular formula is C19H26ClF3N2O. The number of likely N-dealkylation sites (tertiary alicyclic amines) is 1. The SMILES string of the molecule is CC(CC(=O)N1CC[C@@H]2CNC[C@@H]2CC1)c1cccc(C(F)(F)F)c1.Cl. The number of benzene rings is 1. The van der Waals surface area contributed by atoms with Gasteiger partial charge >= 0.3 is 6.18 Å². The molecule has 1 amide bonds. The predicted octanol–water partition coefficient (Wildman–Crippen LogP) is 4.08. The summed E-state index contributed by atoms with van der Waals surface area (Å²) in [6, 6.07) is 5.32. The second-order valence-corrected chi connectivity index (χ2v) is 7.36. The molecule has 3 rings (SSSR count). The Morgan fingerprint density at radius 1 is 1.23 bits per heavy atom. The highest BCUT2D eigenvalue weighted by atomic mass is 35.5. The van der Waals surface area contributed by atoms with Crippen molar-refractivity contribution in [1.82, 2.24) is 10.2 Å². The van der Waals surface area contributed by atoms with Crippen LogP contribution in [0.2, 0.25) is 0 Å². The lowest BCUT2D eigenvalue weighted by atomic mass is 9.92. The van der Waals surface area contributed by atoms with E-state index in [1.807, 2.05) is 11.8 Å². The lowest BCUT2D eigenvalue weighted by molar-refractivity contribution is -0.137. The average molecular weight is 391 g/mol. The minimum Gasteiger partial charge on any atom is -0.343 e. The average Bonchev–Trinajstić information content (AvgIpc) is 2.92. The van der Waals surface area contributed by atoms with Crippen molar-refractivity contribution in [3.05, 3.63) is 35.4 Å². The molecule has 2 saturated heterocycles. The van der Waals surface area contributed by atoms with Crippen molar-refractivity contribution in [1.29, 1.82) is 0 Å². The maximum Gasteiger partial charge on any atom is 0.416 e. The Balaban J connectivity index is 0.00000243. The summed E-state index contributed by atoms with van der Waals surface area (Å²) < 4.78 is 38.6. The van der Waals surface area contributed by atoms with Crippen LogP contribution in [0.5, 0.6) is 0 Å². The van der Waals surface area contributed by atoms with Crippen LogP contribution in [0, 0.1) is 11.8 Å². The third kappa shape index (κ3) is 4.92. The van der Waals surface area contributed by atoms with Gasteiger partial charge in [0.15, 0.2) is 0 Å². The zero-order chi connectivity index (χ0) is 18.0. The van der Waals surface area contributed by atoms with E-state index in [0.717, 1.165) is 51.2 Å². The van der Waals surface area contributed by atoms with E-state index in [0.29, 0.717) is 17.4 Å². The zero-order valence-electron chi connectivity index (χ0n) is 14.9. The largest absolute Gasteiger partial charge is 0.416 e. The number of amides is 1. The van der Waals surface area contributed by atoms with E-state index in [9.17, 15) is 18.0 Å². The van der Waals surface area contributed by atoms with Crippen LogP contribution in [0.3, 0.4) is 0 Å². The number of carbonyl (C=O) groups is 1. The molecule has 1 unspecified atom stereocenters. The monoisotopic (exact) mass is 390 g/mol. The molecule has 0 aromatic heterocycles. The molecule has 7 heteroatoms. The molecule has 0 spiro atoms. The van der Waals surface area contributed by atoms with Crippen LogP contribution in [0.15, 0.2) is 24.3 Å². The summed E-state index contributed by atoms with van der Waals surface area (Å²) in [5.41, 5.74) is -0.0848. The summed E-state index contributed by atoms with van der Waals surface area (Å²) in [5.74, 6) is 1.13. The number of nitrogens with one attached hydrogen (secondary N) is 1. The maximum atomic E-state index is 12.9. The number of halogens is 4. The number of carbonyl (C=O) groups excluding carboxylic acids is 1. The molecule has 1 N–H and O–H groups in total. The summed E-state index contributed by atoms with van der Waals surface area (Å²) >= 11 is 0. The summed E-state index contributed by atoms with van der Waals surface area (Å²) in [5, 5.41) is 3.41. The molecule has 2 heterocycles. The van der Waals surface area contributed by atoms with Crippen molar-refractivity contribution < 1.29 is 18.0 Å². The number of alkyl halides is 3. The molecule has 3 atom stereocenters. The smallest absolute Gasteiger partial charge is 0.343 e. The lowest BCUT2D eigenvalue weighted by Crippen LogP contribution is -2.33. The summed E-state index contributed by atoms with van der Waals surface area (Å²) in [6.07, 6.45) is -2.06.